The van der Waals surface area contributed by atoms with Crippen molar-refractivity contribution in [2.75, 3.05) is 0 Å². The van der Waals surface area contributed by atoms with Gasteiger partial charge in [-0.15, -0.1) is 0 Å². The number of hydrogen-bond donors (Lipinski definition) is 0. The molecule has 1 aliphatic carbocycles. The lowest BCUT2D eigenvalue weighted by Gasteiger charge is -2.24. The van der Waals surface area contributed by atoms with E-state index in [-0.39, 0.29) is 5.41 Å². The molecule has 4 aromatic heterocycles. The zero-order valence-corrected chi connectivity index (χ0v) is 27.8. The molecule has 0 saturated carbocycles. The topological polar surface area (TPSA) is 43.6 Å². The Morgan fingerprint density at radius 1 is 0.540 bits per heavy atom. The van der Waals surface area contributed by atoms with Crippen LogP contribution in [-0.4, -0.2) is 19.5 Å². The molecule has 50 heavy (non-hydrogen) atoms. The molecule has 236 valence electrons. The molecule has 0 saturated heterocycles. The minimum absolute atomic E-state index is 0.178. The Labute approximate surface area is 290 Å². The predicted octanol–water partition coefficient (Wildman–Crippen LogP) is 11.4. The zero-order chi connectivity index (χ0) is 33.4. The fourth-order valence-electron chi connectivity index (χ4n) is 8.28. The van der Waals surface area contributed by atoms with Gasteiger partial charge in [0.05, 0.1) is 22.4 Å². The third-order valence-electron chi connectivity index (χ3n) is 10.5. The van der Waals surface area contributed by atoms with Crippen molar-refractivity contribution in [2.24, 2.45) is 0 Å². The van der Waals surface area contributed by atoms with Gasteiger partial charge in [0, 0.05) is 57.8 Å². The van der Waals surface area contributed by atoms with Crippen molar-refractivity contribution < 1.29 is 0 Å². The molecule has 0 bridgehead atoms. The number of hydrogen-bond acceptors (Lipinski definition) is 3. The van der Waals surface area contributed by atoms with Crippen molar-refractivity contribution >= 4 is 32.6 Å². The number of para-hydroxylation sites is 1. The number of fused-ring (bicyclic) bond motifs is 10. The summed E-state index contributed by atoms with van der Waals surface area (Å²) < 4.78 is 2.50. The first kappa shape index (κ1) is 28.6. The van der Waals surface area contributed by atoms with E-state index in [1.54, 1.807) is 12.4 Å². The van der Waals surface area contributed by atoms with E-state index in [0.717, 1.165) is 39.3 Å². The summed E-state index contributed by atoms with van der Waals surface area (Å²) in [5.41, 5.74) is 14.9. The number of benzene rings is 5. The third-order valence-corrected chi connectivity index (χ3v) is 10.5. The molecule has 1 aliphatic rings. The number of nitrogens with zero attached hydrogens (tertiary/aromatic N) is 4. The first-order valence-corrected chi connectivity index (χ1v) is 17.1. The highest BCUT2D eigenvalue weighted by atomic mass is 15.0. The maximum Gasteiger partial charge on any atom is 0.0731 e. The van der Waals surface area contributed by atoms with Crippen LogP contribution in [0.2, 0.25) is 0 Å². The molecule has 0 radical (unpaired) electrons. The molecule has 4 heteroatoms. The van der Waals surface area contributed by atoms with Crippen molar-refractivity contribution in [3.05, 3.63) is 169 Å². The van der Waals surface area contributed by atoms with Crippen LogP contribution in [0.5, 0.6) is 0 Å². The standard InChI is InChI=1S/C46H32N4/c1-46(2)38-17-7-5-15-36(38)42-34-13-3-4-14-35(34)43-37-16-6-8-18-41(37)50(45(43)44(42)46)33-21-19-29(20-22-33)32-25-39(30-11-9-23-47-27-30)49-40(26-32)31-12-10-24-48-28-31/h3-28H,1-2H3. The number of aromatic nitrogens is 4. The van der Waals surface area contributed by atoms with Gasteiger partial charge in [-0.25, -0.2) is 4.98 Å². The maximum absolute atomic E-state index is 5.03. The normalized spacial score (nSPS) is 13.2. The quantitative estimate of drug-likeness (QED) is 0.192. The van der Waals surface area contributed by atoms with Crippen LogP contribution >= 0.6 is 0 Å². The molecule has 4 nitrogen and oxygen atoms in total. The molecule has 0 amide bonds. The molecule has 0 fully saturated rings. The lowest BCUT2D eigenvalue weighted by atomic mass is 9.80. The van der Waals surface area contributed by atoms with Crippen LogP contribution in [-0.2, 0) is 5.41 Å². The molecule has 0 unspecified atom stereocenters. The van der Waals surface area contributed by atoms with Gasteiger partial charge in [0.15, 0.2) is 0 Å². The first-order chi connectivity index (χ1) is 24.6. The first-order valence-electron chi connectivity index (χ1n) is 17.1. The van der Waals surface area contributed by atoms with Crippen LogP contribution in [0.15, 0.2) is 158 Å². The Balaban J connectivity index is 1.22. The number of rotatable bonds is 4. The average molecular weight is 641 g/mol. The Morgan fingerprint density at radius 2 is 1.16 bits per heavy atom. The van der Waals surface area contributed by atoms with Crippen LogP contribution in [0, 0.1) is 0 Å². The Morgan fingerprint density at radius 3 is 1.84 bits per heavy atom. The SMILES string of the molecule is CC1(C)c2ccccc2-c2c1c1c(c3ccccc23)c2ccccc2n1-c1ccc(-c2cc(-c3cccnc3)nc(-c3cccnc3)c2)cc1. The van der Waals surface area contributed by atoms with Crippen LogP contribution in [0.1, 0.15) is 25.0 Å². The molecule has 0 N–H and O–H groups in total. The van der Waals surface area contributed by atoms with Gasteiger partial charge in [0.1, 0.15) is 0 Å². The van der Waals surface area contributed by atoms with Crippen LogP contribution in [0.3, 0.4) is 0 Å². The molecule has 5 aromatic carbocycles. The molecule has 0 spiro atoms. The molecule has 4 heterocycles. The molecule has 0 atom stereocenters. The summed E-state index contributed by atoms with van der Waals surface area (Å²) in [6, 6.07) is 48.2. The second kappa shape index (κ2) is 10.8. The highest BCUT2D eigenvalue weighted by molar-refractivity contribution is 6.26. The molecular weight excluding hydrogens is 609 g/mol. The summed E-state index contributed by atoms with van der Waals surface area (Å²) >= 11 is 0. The maximum atomic E-state index is 5.03. The second-order valence-electron chi connectivity index (χ2n) is 13.7. The highest BCUT2D eigenvalue weighted by Gasteiger charge is 2.40. The van der Waals surface area contributed by atoms with Gasteiger partial charge < -0.3 is 4.57 Å². The predicted molar refractivity (Wildman–Crippen MR) is 206 cm³/mol. The molecule has 0 aliphatic heterocycles. The molecule has 10 rings (SSSR count). The van der Waals surface area contributed by atoms with Gasteiger partial charge in [-0.1, -0.05) is 92.7 Å². The minimum Gasteiger partial charge on any atom is -0.309 e. The highest BCUT2D eigenvalue weighted by Crippen LogP contribution is 2.56. The third kappa shape index (κ3) is 4.15. The Bertz CT molecular complexity index is 2700. The summed E-state index contributed by atoms with van der Waals surface area (Å²) in [5.74, 6) is 0. The largest absolute Gasteiger partial charge is 0.309 e. The van der Waals surface area contributed by atoms with Crippen LogP contribution in [0.25, 0.3) is 83.0 Å². The van der Waals surface area contributed by atoms with Gasteiger partial charge in [-0.3, -0.25) is 9.97 Å². The monoisotopic (exact) mass is 640 g/mol. The van der Waals surface area contributed by atoms with Crippen LogP contribution in [0.4, 0.5) is 0 Å². The minimum atomic E-state index is -0.178. The van der Waals surface area contributed by atoms with Crippen molar-refractivity contribution in [3.63, 3.8) is 0 Å². The van der Waals surface area contributed by atoms with Crippen molar-refractivity contribution in [1.29, 1.82) is 0 Å². The van der Waals surface area contributed by atoms with E-state index >= 15 is 0 Å². The van der Waals surface area contributed by atoms with E-state index in [9.17, 15) is 0 Å². The van der Waals surface area contributed by atoms with Gasteiger partial charge in [-0.2, -0.15) is 0 Å². The summed E-state index contributed by atoms with van der Waals surface area (Å²) in [6.07, 6.45) is 7.32. The second-order valence-corrected chi connectivity index (χ2v) is 13.7. The summed E-state index contributed by atoms with van der Waals surface area (Å²) in [6.45, 7) is 4.78. The van der Waals surface area contributed by atoms with E-state index in [0.29, 0.717) is 0 Å². The van der Waals surface area contributed by atoms with Crippen LogP contribution < -0.4 is 0 Å². The Hall–Kier alpha value is -6.39. The summed E-state index contributed by atoms with van der Waals surface area (Å²) in [4.78, 5) is 13.8. The van der Waals surface area contributed by atoms with E-state index in [1.807, 2.05) is 24.5 Å². The van der Waals surface area contributed by atoms with E-state index < -0.39 is 0 Å². The summed E-state index contributed by atoms with van der Waals surface area (Å²) in [7, 11) is 0. The summed E-state index contributed by atoms with van der Waals surface area (Å²) in [5, 5.41) is 5.20. The fourth-order valence-corrected chi connectivity index (χ4v) is 8.28. The van der Waals surface area contributed by atoms with Crippen molar-refractivity contribution in [2.45, 2.75) is 19.3 Å². The smallest absolute Gasteiger partial charge is 0.0731 e. The van der Waals surface area contributed by atoms with Gasteiger partial charge in [0.2, 0.25) is 0 Å². The van der Waals surface area contributed by atoms with Gasteiger partial charge in [-0.05, 0) is 98.8 Å². The average Bonchev–Trinajstić information content (AvgIpc) is 3.65. The lowest BCUT2D eigenvalue weighted by Crippen LogP contribution is -2.16. The molecular formula is C46H32N4. The van der Waals surface area contributed by atoms with E-state index in [4.69, 9.17) is 4.98 Å². The zero-order valence-electron chi connectivity index (χ0n) is 27.8. The van der Waals surface area contributed by atoms with Gasteiger partial charge in [0.25, 0.3) is 0 Å². The lowest BCUT2D eigenvalue weighted by molar-refractivity contribution is 0.664. The van der Waals surface area contributed by atoms with Gasteiger partial charge >= 0.3 is 0 Å². The van der Waals surface area contributed by atoms with Crippen molar-refractivity contribution in [1.82, 2.24) is 19.5 Å². The fraction of sp³-hybridized carbons (Fsp3) is 0.0652. The number of pyridine rings is 3. The van der Waals surface area contributed by atoms with E-state index in [2.05, 4.69) is 150 Å². The molecule has 9 aromatic rings. The Kier molecular flexibility index (Phi) is 6.19. The van der Waals surface area contributed by atoms with Crippen molar-refractivity contribution in [3.8, 4) is 50.5 Å². The van der Waals surface area contributed by atoms with E-state index in [1.165, 1.54) is 54.8 Å².